The van der Waals surface area contributed by atoms with E-state index in [0.29, 0.717) is 22.5 Å². The second-order valence-corrected chi connectivity index (χ2v) is 7.59. The molecule has 1 saturated carbocycles. The van der Waals surface area contributed by atoms with Crippen molar-refractivity contribution in [2.75, 3.05) is 20.6 Å². The van der Waals surface area contributed by atoms with E-state index in [1.54, 1.807) is 6.26 Å². The van der Waals surface area contributed by atoms with Crippen molar-refractivity contribution in [2.45, 2.75) is 25.4 Å². The minimum atomic E-state index is -0.0239. The van der Waals surface area contributed by atoms with Gasteiger partial charge in [0.2, 0.25) is 5.43 Å². The van der Waals surface area contributed by atoms with Crippen molar-refractivity contribution in [3.05, 3.63) is 65.0 Å². The maximum absolute atomic E-state index is 13.0. The highest BCUT2D eigenvalue weighted by molar-refractivity contribution is 5.82. The zero-order chi connectivity index (χ0) is 18.8. The Morgan fingerprint density at radius 2 is 1.93 bits per heavy atom. The standard InChI is InChI=1S/C23H25NO3/c1-24(2)13-12-21(17-8-9-17)27-18-10-11-22-19(14-18)23(25)20(15-26-22)16-6-4-3-5-7-16/h3-7,10-11,14-15,17,21H,8-9,12-13H2,1-2H3. The summed E-state index contributed by atoms with van der Waals surface area (Å²) in [5.41, 5.74) is 2.00. The summed E-state index contributed by atoms with van der Waals surface area (Å²) >= 11 is 0. The van der Waals surface area contributed by atoms with Crippen molar-refractivity contribution in [3.8, 4) is 16.9 Å². The minimum Gasteiger partial charge on any atom is -0.490 e. The Bertz CT molecular complexity index is 974. The van der Waals surface area contributed by atoms with Gasteiger partial charge in [0.15, 0.2) is 0 Å². The molecule has 0 amide bonds. The number of hydrogen-bond donors (Lipinski definition) is 0. The van der Waals surface area contributed by atoms with Crippen molar-refractivity contribution in [1.29, 1.82) is 0 Å². The van der Waals surface area contributed by atoms with E-state index < -0.39 is 0 Å². The maximum Gasteiger partial charge on any atom is 0.200 e. The van der Waals surface area contributed by atoms with Gasteiger partial charge in [-0.1, -0.05) is 30.3 Å². The van der Waals surface area contributed by atoms with Crippen molar-refractivity contribution in [2.24, 2.45) is 5.92 Å². The third kappa shape index (κ3) is 4.06. The third-order valence-corrected chi connectivity index (χ3v) is 5.12. The van der Waals surface area contributed by atoms with E-state index in [0.717, 1.165) is 24.3 Å². The fourth-order valence-electron chi connectivity index (χ4n) is 3.42. The zero-order valence-electron chi connectivity index (χ0n) is 15.9. The normalized spacial score (nSPS) is 15.2. The molecule has 0 saturated heterocycles. The van der Waals surface area contributed by atoms with Crippen molar-refractivity contribution >= 4 is 11.0 Å². The van der Waals surface area contributed by atoms with Crippen LogP contribution in [0.5, 0.6) is 5.75 Å². The molecule has 4 rings (SSSR count). The molecule has 0 aliphatic heterocycles. The van der Waals surface area contributed by atoms with Gasteiger partial charge in [0.05, 0.1) is 10.9 Å². The molecule has 1 fully saturated rings. The van der Waals surface area contributed by atoms with E-state index in [1.807, 2.05) is 48.5 Å². The topological polar surface area (TPSA) is 42.7 Å². The van der Waals surface area contributed by atoms with Crippen LogP contribution in [0, 0.1) is 5.92 Å². The van der Waals surface area contributed by atoms with E-state index >= 15 is 0 Å². The van der Waals surface area contributed by atoms with Gasteiger partial charge in [-0.05, 0) is 63.0 Å². The van der Waals surface area contributed by atoms with E-state index in [2.05, 4.69) is 19.0 Å². The van der Waals surface area contributed by atoms with Gasteiger partial charge in [-0.3, -0.25) is 4.79 Å². The Labute approximate surface area is 159 Å². The summed E-state index contributed by atoms with van der Waals surface area (Å²) in [6.07, 6.45) is 5.20. The Balaban J connectivity index is 1.64. The molecule has 1 aliphatic carbocycles. The number of ether oxygens (including phenoxy) is 1. The van der Waals surface area contributed by atoms with E-state index in [4.69, 9.17) is 9.15 Å². The van der Waals surface area contributed by atoms with Crippen LogP contribution in [0.3, 0.4) is 0 Å². The first-order valence-corrected chi connectivity index (χ1v) is 9.54. The van der Waals surface area contributed by atoms with E-state index in [-0.39, 0.29) is 11.5 Å². The quantitative estimate of drug-likeness (QED) is 0.617. The minimum absolute atomic E-state index is 0.0239. The van der Waals surface area contributed by atoms with Crippen LogP contribution in [0.2, 0.25) is 0 Å². The molecule has 1 atom stereocenters. The van der Waals surface area contributed by atoms with E-state index in [1.165, 1.54) is 12.8 Å². The molecule has 1 unspecified atom stereocenters. The van der Waals surface area contributed by atoms with Crippen molar-refractivity contribution in [1.82, 2.24) is 4.90 Å². The smallest absolute Gasteiger partial charge is 0.200 e. The largest absolute Gasteiger partial charge is 0.490 e. The molecule has 4 nitrogen and oxygen atoms in total. The van der Waals surface area contributed by atoms with Crippen LogP contribution in [0.15, 0.2) is 64.0 Å². The zero-order valence-corrected chi connectivity index (χ0v) is 15.9. The molecule has 27 heavy (non-hydrogen) atoms. The molecule has 2 aromatic carbocycles. The number of rotatable bonds is 7. The number of benzene rings is 2. The van der Waals surface area contributed by atoms with Gasteiger partial charge in [0.25, 0.3) is 0 Å². The first-order chi connectivity index (χ1) is 13.1. The Morgan fingerprint density at radius 1 is 1.15 bits per heavy atom. The van der Waals surface area contributed by atoms with E-state index in [9.17, 15) is 4.79 Å². The molecule has 1 aliphatic rings. The van der Waals surface area contributed by atoms with Crippen LogP contribution in [0.25, 0.3) is 22.1 Å². The van der Waals surface area contributed by atoms with Gasteiger partial charge in [0.1, 0.15) is 23.7 Å². The third-order valence-electron chi connectivity index (χ3n) is 5.12. The summed E-state index contributed by atoms with van der Waals surface area (Å²) in [4.78, 5) is 15.2. The lowest BCUT2D eigenvalue weighted by molar-refractivity contribution is 0.155. The second-order valence-electron chi connectivity index (χ2n) is 7.59. The molecular formula is C23H25NO3. The van der Waals surface area contributed by atoms with Gasteiger partial charge >= 0.3 is 0 Å². The van der Waals surface area contributed by atoms with Gasteiger partial charge in [-0.25, -0.2) is 0 Å². The second kappa shape index (κ2) is 7.57. The predicted molar refractivity (Wildman–Crippen MR) is 108 cm³/mol. The molecule has 0 N–H and O–H groups in total. The van der Waals surface area contributed by atoms with Gasteiger partial charge in [-0.15, -0.1) is 0 Å². The summed E-state index contributed by atoms with van der Waals surface area (Å²) < 4.78 is 12.0. The number of hydrogen-bond acceptors (Lipinski definition) is 4. The lowest BCUT2D eigenvalue weighted by Crippen LogP contribution is -2.25. The summed E-state index contributed by atoms with van der Waals surface area (Å²) in [6.45, 7) is 0.995. The SMILES string of the molecule is CN(C)CCC(Oc1ccc2occ(-c3ccccc3)c(=O)c2c1)C1CC1. The monoisotopic (exact) mass is 363 g/mol. The lowest BCUT2D eigenvalue weighted by Gasteiger charge is -2.21. The summed E-state index contributed by atoms with van der Waals surface area (Å²) in [5.74, 6) is 1.38. The first-order valence-electron chi connectivity index (χ1n) is 9.54. The summed E-state index contributed by atoms with van der Waals surface area (Å²) in [5, 5.41) is 0.566. The molecule has 1 aromatic heterocycles. The summed E-state index contributed by atoms with van der Waals surface area (Å²) in [7, 11) is 4.16. The van der Waals surface area contributed by atoms with Crippen LogP contribution in [0.4, 0.5) is 0 Å². The first kappa shape index (κ1) is 17.8. The molecule has 4 heteroatoms. The molecule has 0 spiro atoms. The number of nitrogens with zero attached hydrogens (tertiary/aromatic N) is 1. The Kier molecular flexibility index (Phi) is 4.99. The van der Waals surface area contributed by atoms with Gasteiger partial charge in [-0.2, -0.15) is 0 Å². The maximum atomic E-state index is 13.0. The average Bonchev–Trinajstić information content (AvgIpc) is 3.51. The molecule has 1 heterocycles. The fourth-order valence-corrected chi connectivity index (χ4v) is 3.42. The van der Waals surface area contributed by atoms with Crippen molar-refractivity contribution < 1.29 is 9.15 Å². The molecule has 3 aromatic rings. The van der Waals surface area contributed by atoms with Crippen LogP contribution >= 0.6 is 0 Å². The number of fused-ring (bicyclic) bond motifs is 1. The van der Waals surface area contributed by atoms with Gasteiger partial charge < -0.3 is 14.1 Å². The highest BCUT2D eigenvalue weighted by atomic mass is 16.5. The summed E-state index contributed by atoms with van der Waals surface area (Å²) in [6, 6.07) is 15.2. The van der Waals surface area contributed by atoms with Crippen LogP contribution in [-0.4, -0.2) is 31.6 Å². The van der Waals surface area contributed by atoms with Crippen LogP contribution < -0.4 is 10.2 Å². The predicted octanol–water partition coefficient (Wildman–Crippen LogP) is 4.57. The van der Waals surface area contributed by atoms with Crippen LogP contribution in [-0.2, 0) is 0 Å². The Hall–Kier alpha value is -2.59. The molecular weight excluding hydrogens is 338 g/mol. The van der Waals surface area contributed by atoms with Crippen LogP contribution in [0.1, 0.15) is 19.3 Å². The highest BCUT2D eigenvalue weighted by Crippen LogP contribution is 2.37. The molecule has 0 radical (unpaired) electrons. The van der Waals surface area contributed by atoms with Crippen molar-refractivity contribution in [3.63, 3.8) is 0 Å². The molecule has 0 bridgehead atoms. The van der Waals surface area contributed by atoms with Gasteiger partial charge in [0, 0.05) is 6.54 Å². The lowest BCUT2D eigenvalue weighted by atomic mass is 10.1. The fraction of sp³-hybridized carbons (Fsp3) is 0.348. The highest BCUT2D eigenvalue weighted by Gasteiger charge is 2.32. The Morgan fingerprint density at radius 3 is 2.63 bits per heavy atom. The molecule has 140 valence electrons. The average molecular weight is 363 g/mol.